The van der Waals surface area contributed by atoms with Crippen LogP contribution in [0.25, 0.3) is 0 Å². The Bertz CT molecular complexity index is 383. The second-order valence-corrected chi connectivity index (χ2v) is 4.44. The second kappa shape index (κ2) is 3.84. The third kappa shape index (κ3) is 1.75. The molecule has 0 amide bonds. The van der Waals surface area contributed by atoms with Crippen molar-refractivity contribution in [3.05, 3.63) is 29.3 Å². The van der Waals surface area contributed by atoms with Gasteiger partial charge in [0.1, 0.15) is 7.85 Å². The molecule has 0 aromatic heterocycles. The van der Waals surface area contributed by atoms with Gasteiger partial charge in [-0.05, 0) is 17.5 Å². The Balaban J connectivity index is 2.31. The third-order valence-electron chi connectivity index (χ3n) is 2.52. The number of benzene rings is 1. The summed E-state index contributed by atoms with van der Waals surface area (Å²) in [5, 5.41) is 5.33. The summed E-state index contributed by atoms with van der Waals surface area (Å²) in [6.07, 6.45) is 0.824. The van der Waals surface area contributed by atoms with Crippen molar-refractivity contribution >= 4 is 24.5 Å². The molecule has 2 N–H and O–H groups in total. The largest absolute Gasteiger partial charge is 0.238 e. The monoisotopic (exact) mass is 206 g/mol. The highest BCUT2D eigenvalue weighted by Gasteiger charge is 2.19. The van der Waals surface area contributed by atoms with Crippen LogP contribution in [-0.4, -0.2) is 22.9 Å². The first-order valence-corrected chi connectivity index (χ1v) is 5.63. The van der Waals surface area contributed by atoms with Crippen LogP contribution in [0.4, 0.5) is 0 Å². The zero-order valence-electron chi connectivity index (χ0n) is 7.77. The molecule has 1 aliphatic rings. The summed E-state index contributed by atoms with van der Waals surface area (Å²) in [7, 11) is 5.84. The number of nitrogens with two attached hydrogens (primary N) is 1. The molecule has 14 heavy (non-hydrogen) atoms. The molecule has 0 spiro atoms. The second-order valence-electron chi connectivity index (χ2n) is 3.37. The standard InChI is InChI=1S/C9H11BN2OS/c10-9-3-1-2-7-6-12(14(11)13)5-4-8(7)9/h1-3H,4-6,11H2. The Labute approximate surface area is 87.4 Å². The summed E-state index contributed by atoms with van der Waals surface area (Å²) in [4.78, 5) is 0. The van der Waals surface area contributed by atoms with Gasteiger partial charge in [0.05, 0.1) is 0 Å². The van der Waals surface area contributed by atoms with Crippen LogP contribution in [0.5, 0.6) is 0 Å². The van der Waals surface area contributed by atoms with Gasteiger partial charge in [-0.15, -0.1) is 0 Å². The highest BCUT2D eigenvalue weighted by molar-refractivity contribution is 7.80. The van der Waals surface area contributed by atoms with Gasteiger partial charge in [-0.3, -0.25) is 0 Å². The molecule has 0 saturated carbocycles. The number of rotatable bonds is 1. The molecule has 2 rings (SSSR count). The van der Waals surface area contributed by atoms with Crippen molar-refractivity contribution in [3.63, 3.8) is 0 Å². The van der Waals surface area contributed by atoms with Crippen LogP contribution in [0.15, 0.2) is 18.2 Å². The summed E-state index contributed by atoms with van der Waals surface area (Å²) in [5.74, 6) is 0. The number of nitrogens with zero attached hydrogens (tertiary/aromatic N) is 1. The molecule has 0 saturated heterocycles. The minimum Gasteiger partial charge on any atom is -0.238 e. The molecule has 3 nitrogen and oxygen atoms in total. The topological polar surface area (TPSA) is 46.3 Å². The molecular formula is C9H11BN2OS. The van der Waals surface area contributed by atoms with Crippen LogP contribution in [0, 0.1) is 0 Å². The Kier molecular flexibility index (Phi) is 2.72. The molecule has 5 heteroatoms. The van der Waals surface area contributed by atoms with Crippen molar-refractivity contribution < 1.29 is 4.21 Å². The molecule has 0 fully saturated rings. The van der Waals surface area contributed by atoms with Crippen molar-refractivity contribution in [3.8, 4) is 0 Å². The summed E-state index contributed by atoms with van der Waals surface area (Å²) in [6, 6.07) is 5.82. The van der Waals surface area contributed by atoms with Gasteiger partial charge in [-0.25, -0.2) is 13.7 Å². The van der Waals surface area contributed by atoms with Gasteiger partial charge in [0.15, 0.2) is 11.2 Å². The molecule has 2 radical (unpaired) electrons. The Morgan fingerprint density at radius 2 is 2.29 bits per heavy atom. The fraction of sp³-hybridized carbons (Fsp3) is 0.333. The molecule has 1 heterocycles. The zero-order chi connectivity index (χ0) is 10.1. The van der Waals surface area contributed by atoms with E-state index in [4.69, 9.17) is 13.0 Å². The fourth-order valence-electron chi connectivity index (χ4n) is 1.77. The van der Waals surface area contributed by atoms with Crippen LogP contribution < -0.4 is 10.6 Å². The first kappa shape index (κ1) is 9.89. The first-order chi connectivity index (χ1) is 6.68. The van der Waals surface area contributed by atoms with E-state index in [0.717, 1.165) is 17.4 Å². The maximum atomic E-state index is 11.1. The van der Waals surface area contributed by atoms with Gasteiger partial charge >= 0.3 is 0 Å². The van der Waals surface area contributed by atoms with E-state index >= 15 is 0 Å². The van der Waals surface area contributed by atoms with Gasteiger partial charge < -0.3 is 0 Å². The van der Waals surface area contributed by atoms with Crippen LogP contribution in [0.2, 0.25) is 0 Å². The van der Waals surface area contributed by atoms with E-state index in [1.807, 2.05) is 18.2 Å². The molecule has 0 bridgehead atoms. The smallest absolute Gasteiger partial charge is 0.167 e. The summed E-state index contributed by atoms with van der Waals surface area (Å²) >= 11 is -1.37. The predicted octanol–water partition coefficient (Wildman–Crippen LogP) is -0.624. The van der Waals surface area contributed by atoms with Gasteiger partial charge in [0.2, 0.25) is 0 Å². The van der Waals surface area contributed by atoms with Crippen molar-refractivity contribution in [2.45, 2.75) is 13.0 Å². The fourth-order valence-corrected chi connectivity index (χ4v) is 2.30. The molecular weight excluding hydrogens is 195 g/mol. The average molecular weight is 206 g/mol. The van der Waals surface area contributed by atoms with E-state index in [9.17, 15) is 4.21 Å². The van der Waals surface area contributed by atoms with E-state index < -0.39 is 11.2 Å². The summed E-state index contributed by atoms with van der Waals surface area (Å²) < 4.78 is 12.8. The quantitative estimate of drug-likeness (QED) is 0.611. The van der Waals surface area contributed by atoms with E-state index in [1.54, 1.807) is 4.31 Å². The normalized spacial score (nSPS) is 18.9. The Hall–Kier alpha value is -0.645. The van der Waals surface area contributed by atoms with Crippen LogP contribution >= 0.6 is 0 Å². The maximum Gasteiger partial charge on any atom is 0.167 e. The minimum atomic E-state index is -1.37. The van der Waals surface area contributed by atoms with Crippen molar-refractivity contribution in [1.82, 2.24) is 4.31 Å². The Morgan fingerprint density at radius 3 is 3.00 bits per heavy atom. The lowest BCUT2D eigenvalue weighted by Gasteiger charge is -2.26. The molecule has 1 atom stereocenters. The Morgan fingerprint density at radius 1 is 1.50 bits per heavy atom. The van der Waals surface area contributed by atoms with Crippen LogP contribution in [-0.2, 0) is 24.1 Å². The molecule has 1 unspecified atom stereocenters. The first-order valence-electron chi connectivity index (χ1n) is 4.46. The summed E-state index contributed by atoms with van der Waals surface area (Å²) in [6.45, 7) is 1.34. The van der Waals surface area contributed by atoms with E-state index in [0.29, 0.717) is 13.1 Å². The highest BCUT2D eigenvalue weighted by atomic mass is 32.2. The average Bonchev–Trinajstić information content (AvgIpc) is 2.17. The minimum absolute atomic E-state index is 0.628. The van der Waals surface area contributed by atoms with E-state index in [-0.39, 0.29) is 0 Å². The van der Waals surface area contributed by atoms with Gasteiger partial charge in [-0.2, -0.15) is 0 Å². The number of hydrogen-bond acceptors (Lipinski definition) is 1. The molecule has 1 aromatic rings. The van der Waals surface area contributed by atoms with Gasteiger partial charge in [-0.1, -0.05) is 23.7 Å². The molecule has 1 aromatic carbocycles. The van der Waals surface area contributed by atoms with Crippen LogP contribution in [0.3, 0.4) is 0 Å². The molecule has 0 aliphatic carbocycles. The lowest BCUT2D eigenvalue weighted by atomic mass is 9.85. The van der Waals surface area contributed by atoms with Crippen LogP contribution in [0.1, 0.15) is 11.1 Å². The van der Waals surface area contributed by atoms with Crippen molar-refractivity contribution in [2.75, 3.05) is 6.54 Å². The van der Waals surface area contributed by atoms with Crippen molar-refractivity contribution in [1.29, 1.82) is 0 Å². The lowest BCUT2D eigenvalue weighted by Crippen LogP contribution is -2.37. The van der Waals surface area contributed by atoms with E-state index in [2.05, 4.69) is 0 Å². The SMILES string of the molecule is [B]c1cccc2c1CCN(S(N)=O)C2. The van der Waals surface area contributed by atoms with E-state index in [1.165, 1.54) is 5.56 Å². The molecule has 1 aliphatic heterocycles. The highest BCUT2D eigenvalue weighted by Crippen LogP contribution is 2.16. The molecule has 72 valence electrons. The zero-order valence-corrected chi connectivity index (χ0v) is 8.59. The third-order valence-corrected chi connectivity index (χ3v) is 3.34. The number of hydrogen-bond donors (Lipinski definition) is 1. The maximum absolute atomic E-state index is 11.1. The predicted molar refractivity (Wildman–Crippen MR) is 58.3 cm³/mol. The lowest BCUT2D eigenvalue weighted by molar-refractivity contribution is 0.422. The van der Waals surface area contributed by atoms with Crippen molar-refractivity contribution in [2.24, 2.45) is 5.14 Å². The van der Waals surface area contributed by atoms with Gasteiger partial charge in [0, 0.05) is 13.1 Å². The van der Waals surface area contributed by atoms with Gasteiger partial charge in [0.25, 0.3) is 0 Å². The summed E-state index contributed by atoms with van der Waals surface area (Å²) in [5.41, 5.74) is 3.13. The number of fused-ring (bicyclic) bond motifs is 1.